The predicted octanol–water partition coefficient (Wildman–Crippen LogP) is 4.05. The lowest BCUT2D eigenvalue weighted by Crippen LogP contribution is -2.31. The van der Waals surface area contributed by atoms with E-state index < -0.39 is 0 Å². The van der Waals surface area contributed by atoms with Crippen LogP contribution in [0.1, 0.15) is 24.2 Å². The molecule has 1 atom stereocenters. The van der Waals surface area contributed by atoms with Gasteiger partial charge >= 0.3 is 0 Å². The zero-order chi connectivity index (χ0) is 16.8. The van der Waals surface area contributed by atoms with E-state index >= 15 is 0 Å². The van der Waals surface area contributed by atoms with E-state index in [9.17, 15) is 9.59 Å². The molecule has 4 nitrogen and oxygen atoms in total. The Kier molecular flexibility index (Phi) is 5.82. The molecule has 23 heavy (non-hydrogen) atoms. The fraction of sp³-hybridized carbons (Fsp3) is 0.222. The Bertz CT molecular complexity index is 698. The van der Waals surface area contributed by atoms with Crippen molar-refractivity contribution in [2.75, 3.05) is 16.9 Å². The minimum Gasteiger partial charge on any atom is -0.374 e. The minimum absolute atomic E-state index is 0.00610. The van der Waals surface area contributed by atoms with Crippen LogP contribution in [0, 0.1) is 0 Å². The molecule has 0 heterocycles. The van der Waals surface area contributed by atoms with E-state index in [0.29, 0.717) is 11.3 Å². The highest BCUT2D eigenvalue weighted by molar-refractivity contribution is 7.98. The van der Waals surface area contributed by atoms with Crippen molar-refractivity contribution in [2.24, 2.45) is 0 Å². The normalized spacial score (nSPS) is 11.6. The monoisotopic (exact) mass is 328 g/mol. The molecule has 5 heteroatoms. The summed E-state index contributed by atoms with van der Waals surface area (Å²) in [5.74, 6) is -0.123. The highest BCUT2D eigenvalue weighted by Gasteiger charge is 2.13. The third kappa shape index (κ3) is 4.86. The molecule has 0 aromatic heterocycles. The number of nitrogens with one attached hydrogen (secondary N) is 2. The van der Waals surface area contributed by atoms with Crippen LogP contribution in [-0.4, -0.2) is 24.0 Å². The molecular formula is C18H20N2O2S. The molecular weight excluding hydrogens is 308 g/mol. The molecule has 2 N–H and O–H groups in total. The van der Waals surface area contributed by atoms with Gasteiger partial charge in [0.15, 0.2) is 5.78 Å². The topological polar surface area (TPSA) is 58.2 Å². The van der Waals surface area contributed by atoms with Crippen LogP contribution in [0.15, 0.2) is 53.4 Å². The zero-order valence-electron chi connectivity index (χ0n) is 13.4. The molecule has 1 amide bonds. The van der Waals surface area contributed by atoms with E-state index in [1.54, 1.807) is 36.0 Å². The maximum atomic E-state index is 12.2. The number of amides is 1. The van der Waals surface area contributed by atoms with Crippen molar-refractivity contribution in [3.05, 3.63) is 54.1 Å². The summed E-state index contributed by atoms with van der Waals surface area (Å²) in [5, 5.41) is 6.03. The first-order valence-electron chi connectivity index (χ1n) is 7.32. The number of hydrogen-bond acceptors (Lipinski definition) is 4. The van der Waals surface area contributed by atoms with Crippen LogP contribution in [0.5, 0.6) is 0 Å². The Hall–Kier alpha value is -2.27. The number of Topliss-reactive ketones (excluding diaryl/α,β-unsaturated/α-hetero) is 1. The second kappa shape index (κ2) is 7.83. The Balaban J connectivity index is 1.97. The third-order valence-electron chi connectivity index (χ3n) is 3.41. The quantitative estimate of drug-likeness (QED) is 0.620. The second-order valence-electron chi connectivity index (χ2n) is 5.22. The van der Waals surface area contributed by atoms with E-state index in [1.165, 1.54) is 6.92 Å². The maximum Gasteiger partial charge on any atom is 0.246 e. The van der Waals surface area contributed by atoms with Gasteiger partial charge in [0.25, 0.3) is 0 Å². The number of rotatable bonds is 6. The Morgan fingerprint density at radius 1 is 1.04 bits per heavy atom. The van der Waals surface area contributed by atoms with Crippen LogP contribution < -0.4 is 10.6 Å². The van der Waals surface area contributed by atoms with Crippen LogP contribution in [0.4, 0.5) is 11.4 Å². The minimum atomic E-state index is -0.375. The van der Waals surface area contributed by atoms with Gasteiger partial charge in [0.1, 0.15) is 6.04 Å². The van der Waals surface area contributed by atoms with Gasteiger partial charge in [0.05, 0.1) is 0 Å². The van der Waals surface area contributed by atoms with Crippen LogP contribution >= 0.6 is 11.8 Å². The van der Waals surface area contributed by atoms with E-state index in [1.807, 2.05) is 37.4 Å². The highest BCUT2D eigenvalue weighted by Crippen LogP contribution is 2.19. The number of benzene rings is 2. The standard InChI is InChI=1S/C18H20N2O2S/c1-12(19-16-5-4-6-17(11-16)23-3)18(22)20-15-9-7-14(8-10-15)13(2)21/h4-12,19H,1-3H3,(H,20,22)/t12-/m1/s1. The fourth-order valence-electron chi connectivity index (χ4n) is 2.07. The zero-order valence-corrected chi connectivity index (χ0v) is 14.2. The van der Waals surface area contributed by atoms with Gasteiger partial charge < -0.3 is 10.6 Å². The van der Waals surface area contributed by atoms with Gasteiger partial charge in [0, 0.05) is 21.8 Å². The SMILES string of the molecule is CSc1cccc(N[C@H](C)C(=O)Nc2ccc(C(C)=O)cc2)c1. The summed E-state index contributed by atoms with van der Waals surface area (Å²) in [6.07, 6.45) is 2.01. The number of thioether (sulfide) groups is 1. The van der Waals surface area contributed by atoms with Crippen LogP contribution in [0.3, 0.4) is 0 Å². The smallest absolute Gasteiger partial charge is 0.246 e. The molecule has 2 aromatic rings. The largest absolute Gasteiger partial charge is 0.374 e. The predicted molar refractivity (Wildman–Crippen MR) is 96.4 cm³/mol. The van der Waals surface area contributed by atoms with Crippen LogP contribution in [0.25, 0.3) is 0 Å². The molecule has 120 valence electrons. The van der Waals surface area contributed by atoms with Crippen molar-refractivity contribution in [2.45, 2.75) is 24.8 Å². The van der Waals surface area contributed by atoms with Crippen molar-refractivity contribution in [1.29, 1.82) is 0 Å². The number of carbonyl (C=O) groups is 2. The van der Waals surface area contributed by atoms with E-state index in [2.05, 4.69) is 10.6 Å². The van der Waals surface area contributed by atoms with E-state index in [0.717, 1.165) is 10.6 Å². The van der Waals surface area contributed by atoms with Crippen LogP contribution in [0.2, 0.25) is 0 Å². The summed E-state index contributed by atoms with van der Waals surface area (Å²) in [6, 6.07) is 14.4. The highest BCUT2D eigenvalue weighted by atomic mass is 32.2. The van der Waals surface area contributed by atoms with Crippen molar-refractivity contribution in [3.8, 4) is 0 Å². The van der Waals surface area contributed by atoms with Crippen molar-refractivity contribution in [3.63, 3.8) is 0 Å². The molecule has 0 aliphatic carbocycles. The van der Waals surface area contributed by atoms with Crippen molar-refractivity contribution in [1.82, 2.24) is 0 Å². The molecule has 0 aliphatic heterocycles. The van der Waals surface area contributed by atoms with Gasteiger partial charge in [0.2, 0.25) is 5.91 Å². The fourth-order valence-corrected chi connectivity index (χ4v) is 2.53. The molecule has 0 fully saturated rings. The average molecular weight is 328 g/mol. The summed E-state index contributed by atoms with van der Waals surface area (Å²) in [4.78, 5) is 24.6. The first-order valence-corrected chi connectivity index (χ1v) is 8.54. The van der Waals surface area contributed by atoms with Crippen LogP contribution in [-0.2, 0) is 4.79 Å². The lowest BCUT2D eigenvalue weighted by atomic mass is 10.1. The molecule has 2 rings (SSSR count). The number of carbonyl (C=O) groups excluding carboxylic acids is 2. The second-order valence-corrected chi connectivity index (χ2v) is 6.10. The van der Waals surface area contributed by atoms with E-state index in [4.69, 9.17) is 0 Å². The molecule has 0 unspecified atom stereocenters. The van der Waals surface area contributed by atoms with Gasteiger partial charge in [-0.15, -0.1) is 11.8 Å². The third-order valence-corrected chi connectivity index (χ3v) is 4.13. The van der Waals surface area contributed by atoms with Gasteiger partial charge in [-0.2, -0.15) is 0 Å². The lowest BCUT2D eigenvalue weighted by molar-refractivity contribution is -0.116. The molecule has 0 saturated heterocycles. The van der Waals surface area contributed by atoms with E-state index in [-0.39, 0.29) is 17.7 Å². The van der Waals surface area contributed by atoms with Gasteiger partial charge in [-0.25, -0.2) is 0 Å². The summed E-state index contributed by atoms with van der Waals surface area (Å²) in [5.41, 5.74) is 2.21. The summed E-state index contributed by atoms with van der Waals surface area (Å²) < 4.78 is 0. The Labute approximate surface area is 140 Å². The molecule has 0 saturated carbocycles. The molecule has 2 aromatic carbocycles. The summed E-state index contributed by atoms with van der Waals surface area (Å²) >= 11 is 1.66. The van der Waals surface area contributed by atoms with Gasteiger partial charge in [-0.1, -0.05) is 6.07 Å². The first-order chi connectivity index (χ1) is 11.0. The number of anilines is 2. The first kappa shape index (κ1) is 17.1. The number of hydrogen-bond donors (Lipinski definition) is 2. The van der Waals surface area contributed by atoms with Crippen molar-refractivity contribution >= 4 is 34.8 Å². The summed E-state index contributed by atoms with van der Waals surface area (Å²) in [6.45, 7) is 3.33. The lowest BCUT2D eigenvalue weighted by Gasteiger charge is -2.16. The molecule has 0 spiro atoms. The Morgan fingerprint density at radius 3 is 2.35 bits per heavy atom. The van der Waals surface area contributed by atoms with Gasteiger partial charge in [-0.3, -0.25) is 9.59 Å². The summed E-state index contributed by atoms with van der Waals surface area (Å²) in [7, 11) is 0. The Morgan fingerprint density at radius 2 is 1.74 bits per heavy atom. The molecule has 0 radical (unpaired) electrons. The number of ketones is 1. The average Bonchev–Trinajstić information content (AvgIpc) is 2.55. The molecule has 0 bridgehead atoms. The van der Waals surface area contributed by atoms with Crippen molar-refractivity contribution < 1.29 is 9.59 Å². The van der Waals surface area contributed by atoms with Gasteiger partial charge in [-0.05, 0) is 62.6 Å². The maximum absolute atomic E-state index is 12.2. The molecule has 0 aliphatic rings.